The lowest BCUT2D eigenvalue weighted by Crippen LogP contribution is -2.14. The third-order valence-electron chi connectivity index (χ3n) is 2.90. The van der Waals surface area contributed by atoms with Crippen molar-refractivity contribution in [3.8, 4) is 0 Å². The first kappa shape index (κ1) is 13.1. The second kappa shape index (κ2) is 5.11. The topological polar surface area (TPSA) is 0 Å². The maximum absolute atomic E-state index is 12.4. The van der Waals surface area contributed by atoms with Crippen LogP contribution in [-0.2, 0) is 12.6 Å². The van der Waals surface area contributed by atoms with E-state index in [-0.39, 0.29) is 5.38 Å². The first-order valence-electron chi connectivity index (χ1n) is 5.35. The molecule has 1 aromatic rings. The minimum Gasteiger partial charge on any atom is -0.166 e. The molecule has 0 nitrogen and oxygen atoms in total. The molecule has 0 bridgehead atoms. The predicted octanol–water partition coefficient (Wildman–Crippen LogP) is 4.22. The number of rotatable bonds is 2. The van der Waals surface area contributed by atoms with Crippen LogP contribution in [-0.4, -0.2) is 16.9 Å². The summed E-state index contributed by atoms with van der Waals surface area (Å²) < 4.78 is 37.1. The minimum absolute atomic E-state index is 0.141. The molecule has 5 heteroatoms. The van der Waals surface area contributed by atoms with E-state index in [2.05, 4.69) is 0 Å². The van der Waals surface area contributed by atoms with Crippen LogP contribution in [0, 0.1) is 5.92 Å². The van der Waals surface area contributed by atoms with E-state index in [0.717, 1.165) is 35.6 Å². The second-order valence-corrected chi connectivity index (χ2v) is 5.85. The van der Waals surface area contributed by atoms with Crippen molar-refractivity contribution in [2.24, 2.45) is 5.92 Å². The summed E-state index contributed by atoms with van der Waals surface area (Å²) >= 11 is 7.94. The van der Waals surface area contributed by atoms with E-state index in [1.54, 1.807) is 23.9 Å². The van der Waals surface area contributed by atoms with Crippen molar-refractivity contribution in [1.82, 2.24) is 0 Å². The van der Waals surface area contributed by atoms with Gasteiger partial charge in [-0.1, -0.05) is 12.1 Å². The zero-order valence-corrected chi connectivity index (χ0v) is 10.6. The molecule has 2 atom stereocenters. The molecule has 0 amide bonds. The fraction of sp³-hybridized carbons (Fsp3) is 0.500. The molecule has 17 heavy (non-hydrogen) atoms. The molecular formula is C12H12ClF3S. The van der Waals surface area contributed by atoms with Gasteiger partial charge in [0.15, 0.2) is 0 Å². The van der Waals surface area contributed by atoms with Crippen LogP contribution >= 0.6 is 23.4 Å². The van der Waals surface area contributed by atoms with Gasteiger partial charge in [-0.2, -0.15) is 24.9 Å². The molecule has 0 N–H and O–H groups in total. The highest BCUT2D eigenvalue weighted by atomic mass is 35.5. The second-order valence-electron chi connectivity index (χ2n) is 4.21. The Morgan fingerprint density at radius 3 is 2.29 bits per heavy atom. The molecule has 0 saturated carbocycles. The van der Waals surface area contributed by atoms with Gasteiger partial charge in [0.05, 0.1) is 5.56 Å². The van der Waals surface area contributed by atoms with E-state index in [0.29, 0.717) is 5.92 Å². The van der Waals surface area contributed by atoms with E-state index >= 15 is 0 Å². The van der Waals surface area contributed by atoms with Gasteiger partial charge in [-0.25, -0.2) is 0 Å². The highest BCUT2D eigenvalue weighted by Crippen LogP contribution is 2.32. The van der Waals surface area contributed by atoms with Gasteiger partial charge in [0.1, 0.15) is 0 Å². The number of halogens is 4. The summed E-state index contributed by atoms with van der Waals surface area (Å²) in [6, 6.07) is 5.38. The normalized spacial score (nSPS) is 25.2. The highest BCUT2D eigenvalue weighted by molar-refractivity contribution is 7.99. The van der Waals surface area contributed by atoms with E-state index in [9.17, 15) is 13.2 Å². The highest BCUT2D eigenvalue weighted by Gasteiger charge is 2.30. The van der Waals surface area contributed by atoms with Crippen molar-refractivity contribution < 1.29 is 13.2 Å². The van der Waals surface area contributed by atoms with Crippen molar-refractivity contribution in [3.63, 3.8) is 0 Å². The van der Waals surface area contributed by atoms with Crippen molar-refractivity contribution in [2.75, 3.05) is 11.5 Å². The summed E-state index contributed by atoms with van der Waals surface area (Å²) in [7, 11) is 0. The Labute approximate surface area is 108 Å². The third-order valence-corrected chi connectivity index (χ3v) is 4.85. The van der Waals surface area contributed by atoms with E-state index in [1.807, 2.05) is 0 Å². The van der Waals surface area contributed by atoms with Crippen LogP contribution in [0.2, 0.25) is 0 Å². The Kier molecular flexibility index (Phi) is 3.93. The lowest BCUT2D eigenvalue weighted by Gasteiger charge is -2.13. The van der Waals surface area contributed by atoms with Crippen molar-refractivity contribution in [1.29, 1.82) is 0 Å². The SMILES string of the molecule is FC(F)(F)c1ccc(CC2CSCC2Cl)cc1. The Balaban J connectivity index is 2.03. The lowest BCUT2D eigenvalue weighted by atomic mass is 9.98. The van der Waals surface area contributed by atoms with Gasteiger partial charge >= 0.3 is 6.18 Å². The van der Waals surface area contributed by atoms with Gasteiger partial charge in [0, 0.05) is 11.1 Å². The Hall–Kier alpha value is -0.350. The maximum atomic E-state index is 12.4. The fourth-order valence-corrected chi connectivity index (χ4v) is 3.73. The first-order chi connectivity index (χ1) is 7.97. The number of hydrogen-bond donors (Lipinski definition) is 0. The number of hydrogen-bond acceptors (Lipinski definition) is 1. The van der Waals surface area contributed by atoms with Gasteiger partial charge in [-0.15, -0.1) is 11.6 Å². The molecule has 2 unspecified atom stereocenters. The number of alkyl halides is 4. The predicted molar refractivity (Wildman–Crippen MR) is 65.6 cm³/mol. The first-order valence-corrected chi connectivity index (χ1v) is 6.94. The van der Waals surface area contributed by atoms with Crippen molar-refractivity contribution in [3.05, 3.63) is 35.4 Å². The van der Waals surface area contributed by atoms with Crippen LogP contribution < -0.4 is 0 Å². The molecule has 1 heterocycles. The molecule has 1 aliphatic heterocycles. The third kappa shape index (κ3) is 3.32. The van der Waals surface area contributed by atoms with Crippen LogP contribution in [0.3, 0.4) is 0 Å². The average Bonchev–Trinajstić information content (AvgIpc) is 2.64. The Morgan fingerprint density at radius 1 is 1.18 bits per heavy atom. The van der Waals surface area contributed by atoms with Gasteiger partial charge in [-0.3, -0.25) is 0 Å². The standard InChI is InChI=1S/C12H12ClF3S/c13-11-7-17-6-9(11)5-8-1-3-10(4-2-8)12(14,15)16/h1-4,9,11H,5-7H2. The van der Waals surface area contributed by atoms with Crippen LogP contribution in [0.25, 0.3) is 0 Å². The number of benzene rings is 1. The quantitative estimate of drug-likeness (QED) is 0.731. The van der Waals surface area contributed by atoms with Crippen LogP contribution in [0.15, 0.2) is 24.3 Å². The van der Waals surface area contributed by atoms with Crippen LogP contribution in [0.5, 0.6) is 0 Å². The molecule has 1 fully saturated rings. The van der Waals surface area contributed by atoms with E-state index < -0.39 is 11.7 Å². The van der Waals surface area contributed by atoms with E-state index in [4.69, 9.17) is 11.6 Å². The molecule has 0 spiro atoms. The van der Waals surface area contributed by atoms with Gasteiger partial charge in [0.25, 0.3) is 0 Å². The zero-order chi connectivity index (χ0) is 12.5. The van der Waals surface area contributed by atoms with Crippen LogP contribution in [0.1, 0.15) is 11.1 Å². The molecule has 0 aliphatic carbocycles. The zero-order valence-electron chi connectivity index (χ0n) is 9.01. The Bertz CT molecular complexity index is 374. The number of thioether (sulfide) groups is 1. The molecule has 1 aromatic carbocycles. The molecule has 0 aromatic heterocycles. The van der Waals surface area contributed by atoms with Crippen molar-refractivity contribution in [2.45, 2.75) is 18.0 Å². The lowest BCUT2D eigenvalue weighted by molar-refractivity contribution is -0.137. The summed E-state index contributed by atoms with van der Waals surface area (Å²) in [6.45, 7) is 0. The molecular weight excluding hydrogens is 269 g/mol. The van der Waals surface area contributed by atoms with Crippen LogP contribution in [0.4, 0.5) is 13.2 Å². The fourth-order valence-electron chi connectivity index (χ4n) is 1.89. The summed E-state index contributed by atoms with van der Waals surface area (Å²) in [5, 5.41) is 0.141. The molecule has 94 valence electrons. The molecule has 0 radical (unpaired) electrons. The Morgan fingerprint density at radius 2 is 1.82 bits per heavy atom. The van der Waals surface area contributed by atoms with Gasteiger partial charge in [0.2, 0.25) is 0 Å². The summed E-state index contributed by atoms with van der Waals surface area (Å²) in [6.07, 6.45) is -3.49. The summed E-state index contributed by atoms with van der Waals surface area (Å²) in [4.78, 5) is 0. The molecule has 1 aliphatic rings. The average molecular weight is 281 g/mol. The smallest absolute Gasteiger partial charge is 0.166 e. The van der Waals surface area contributed by atoms with Crippen molar-refractivity contribution >= 4 is 23.4 Å². The monoisotopic (exact) mass is 280 g/mol. The maximum Gasteiger partial charge on any atom is 0.416 e. The molecule has 1 saturated heterocycles. The van der Waals surface area contributed by atoms with Gasteiger partial charge in [-0.05, 0) is 35.8 Å². The minimum atomic E-state index is -4.25. The molecule has 2 rings (SSSR count). The largest absolute Gasteiger partial charge is 0.416 e. The summed E-state index contributed by atoms with van der Waals surface area (Å²) in [5.41, 5.74) is 0.334. The van der Waals surface area contributed by atoms with Gasteiger partial charge < -0.3 is 0 Å². The van der Waals surface area contributed by atoms with E-state index in [1.165, 1.54) is 0 Å². The summed E-state index contributed by atoms with van der Waals surface area (Å²) in [5.74, 6) is 2.31.